The van der Waals surface area contributed by atoms with Crippen LogP contribution in [0.25, 0.3) is 21.8 Å². The van der Waals surface area contributed by atoms with Gasteiger partial charge in [-0.3, -0.25) is 0 Å². The molecular weight excluding hydrogens is 280 g/mol. The van der Waals surface area contributed by atoms with Crippen molar-refractivity contribution in [3.8, 4) is 0 Å². The second kappa shape index (κ2) is 5.40. The van der Waals surface area contributed by atoms with Crippen molar-refractivity contribution in [3.63, 3.8) is 0 Å². The maximum absolute atomic E-state index is 4.80. The quantitative estimate of drug-likeness (QED) is 0.477. The predicted molar refractivity (Wildman–Crippen MR) is 98.4 cm³/mol. The molecule has 0 radical (unpaired) electrons. The van der Waals surface area contributed by atoms with Crippen molar-refractivity contribution in [2.24, 2.45) is 0 Å². The Bertz CT molecular complexity index is 1020. The van der Waals surface area contributed by atoms with Crippen LogP contribution in [0, 0.1) is 13.8 Å². The van der Waals surface area contributed by atoms with Gasteiger partial charge >= 0.3 is 0 Å². The lowest BCUT2D eigenvalue weighted by molar-refractivity contribution is 1.43. The van der Waals surface area contributed by atoms with Crippen LogP contribution in [0.4, 0.5) is 11.4 Å². The second-order valence-electron chi connectivity index (χ2n) is 6.02. The zero-order valence-electron chi connectivity index (χ0n) is 13.3. The molecule has 0 aliphatic carbocycles. The minimum Gasteiger partial charge on any atom is -0.354 e. The largest absolute Gasteiger partial charge is 0.354 e. The van der Waals surface area contributed by atoms with E-state index in [-0.39, 0.29) is 0 Å². The van der Waals surface area contributed by atoms with Crippen molar-refractivity contribution in [1.82, 2.24) is 4.98 Å². The van der Waals surface area contributed by atoms with Gasteiger partial charge in [0.25, 0.3) is 0 Å². The Kier molecular flexibility index (Phi) is 3.23. The number of aryl methyl sites for hydroxylation is 2. The number of anilines is 2. The third kappa shape index (κ3) is 2.53. The predicted octanol–water partition coefficient (Wildman–Crippen LogP) is 5.75. The number of nitrogens with zero attached hydrogens (tertiary/aromatic N) is 1. The molecule has 0 saturated carbocycles. The molecule has 112 valence electrons. The van der Waals surface area contributed by atoms with Crippen molar-refractivity contribution in [1.29, 1.82) is 0 Å². The Labute approximate surface area is 135 Å². The van der Waals surface area contributed by atoms with Crippen LogP contribution in [-0.2, 0) is 0 Å². The molecule has 2 heteroatoms. The Hall–Kier alpha value is -2.87. The van der Waals surface area contributed by atoms with Crippen molar-refractivity contribution < 1.29 is 0 Å². The summed E-state index contributed by atoms with van der Waals surface area (Å²) in [6.45, 7) is 4.23. The van der Waals surface area contributed by atoms with Gasteiger partial charge in [0.05, 0.1) is 16.7 Å². The molecule has 1 heterocycles. The molecule has 2 nitrogen and oxygen atoms in total. The van der Waals surface area contributed by atoms with Crippen LogP contribution in [0.3, 0.4) is 0 Å². The third-order valence-corrected chi connectivity index (χ3v) is 4.12. The summed E-state index contributed by atoms with van der Waals surface area (Å²) >= 11 is 0. The van der Waals surface area contributed by atoms with Crippen LogP contribution in [0.15, 0.2) is 66.7 Å². The van der Waals surface area contributed by atoms with Gasteiger partial charge in [0.15, 0.2) is 0 Å². The molecule has 4 aromatic rings. The average Bonchev–Trinajstić information content (AvgIpc) is 2.55. The van der Waals surface area contributed by atoms with Crippen molar-refractivity contribution in [2.45, 2.75) is 13.8 Å². The van der Waals surface area contributed by atoms with Gasteiger partial charge in [-0.1, -0.05) is 42.0 Å². The molecule has 0 unspecified atom stereocenters. The number of hydrogen-bond donors (Lipinski definition) is 1. The number of pyridine rings is 1. The first-order valence-electron chi connectivity index (χ1n) is 7.83. The van der Waals surface area contributed by atoms with Crippen LogP contribution in [0.5, 0.6) is 0 Å². The highest BCUT2D eigenvalue weighted by molar-refractivity contribution is 6.08. The molecule has 1 aromatic heterocycles. The van der Waals surface area contributed by atoms with E-state index in [1.54, 1.807) is 0 Å². The number of hydrogen-bond acceptors (Lipinski definition) is 2. The normalized spacial score (nSPS) is 11.0. The van der Waals surface area contributed by atoms with E-state index in [1.165, 1.54) is 11.1 Å². The lowest BCUT2D eigenvalue weighted by Gasteiger charge is -2.14. The molecule has 0 saturated heterocycles. The standard InChI is InChI=1S/C21H18N2/c1-14-6-5-7-16(12-14)22-21-17-8-3-4-9-19(17)23-20-11-10-15(2)13-18(20)21/h3-13H,1-2H3,(H,22,23). The van der Waals surface area contributed by atoms with Gasteiger partial charge in [-0.25, -0.2) is 4.98 Å². The minimum atomic E-state index is 1.01. The zero-order valence-corrected chi connectivity index (χ0v) is 13.3. The number of para-hydroxylation sites is 1. The number of aromatic nitrogens is 1. The summed E-state index contributed by atoms with van der Waals surface area (Å²) in [5, 5.41) is 5.92. The minimum absolute atomic E-state index is 1.01. The van der Waals surface area contributed by atoms with Gasteiger partial charge in [0.1, 0.15) is 0 Å². The molecule has 23 heavy (non-hydrogen) atoms. The van der Waals surface area contributed by atoms with Crippen molar-refractivity contribution >= 4 is 33.2 Å². The smallest absolute Gasteiger partial charge is 0.0730 e. The summed E-state index contributed by atoms with van der Waals surface area (Å²) in [7, 11) is 0. The lowest BCUT2D eigenvalue weighted by Crippen LogP contribution is -1.96. The third-order valence-electron chi connectivity index (χ3n) is 4.12. The fourth-order valence-electron chi connectivity index (χ4n) is 3.01. The van der Waals surface area contributed by atoms with E-state index in [0.29, 0.717) is 0 Å². The SMILES string of the molecule is Cc1cccc(Nc2c3ccccc3nc3ccc(C)cc23)c1. The fourth-order valence-corrected chi connectivity index (χ4v) is 3.01. The molecular formula is C21H18N2. The topological polar surface area (TPSA) is 24.9 Å². The van der Waals surface area contributed by atoms with Crippen LogP contribution in [-0.4, -0.2) is 4.98 Å². The van der Waals surface area contributed by atoms with E-state index >= 15 is 0 Å². The first-order chi connectivity index (χ1) is 11.2. The fraction of sp³-hybridized carbons (Fsp3) is 0.0952. The van der Waals surface area contributed by atoms with Crippen LogP contribution in [0.1, 0.15) is 11.1 Å². The summed E-state index contributed by atoms with van der Waals surface area (Å²) < 4.78 is 0. The molecule has 4 rings (SSSR count). The molecule has 0 amide bonds. The Balaban J connectivity index is 2.01. The van der Waals surface area contributed by atoms with E-state index in [1.807, 2.05) is 6.07 Å². The maximum Gasteiger partial charge on any atom is 0.0730 e. The summed E-state index contributed by atoms with van der Waals surface area (Å²) in [6.07, 6.45) is 0. The Morgan fingerprint density at radius 2 is 1.48 bits per heavy atom. The second-order valence-corrected chi connectivity index (χ2v) is 6.02. The summed E-state index contributed by atoms with van der Waals surface area (Å²) in [5.41, 5.74) is 6.74. The van der Waals surface area contributed by atoms with Crippen molar-refractivity contribution in [2.75, 3.05) is 5.32 Å². The van der Waals surface area contributed by atoms with Crippen molar-refractivity contribution in [3.05, 3.63) is 77.9 Å². The first kappa shape index (κ1) is 13.8. The van der Waals surface area contributed by atoms with Gasteiger partial charge in [0, 0.05) is 16.5 Å². The van der Waals surface area contributed by atoms with E-state index in [0.717, 1.165) is 33.2 Å². The first-order valence-corrected chi connectivity index (χ1v) is 7.83. The molecule has 0 aliphatic heterocycles. The van der Waals surface area contributed by atoms with Crippen LogP contribution < -0.4 is 5.32 Å². The van der Waals surface area contributed by atoms with Gasteiger partial charge in [-0.2, -0.15) is 0 Å². The van der Waals surface area contributed by atoms with E-state index in [2.05, 4.69) is 79.8 Å². The molecule has 0 fully saturated rings. The highest BCUT2D eigenvalue weighted by Gasteiger charge is 2.09. The zero-order chi connectivity index (χ0) is 15.8. The van der Waals surface area contributed by atoms with Crippen LogP contribution >= 0.6 is 0 Å². The highest BCUT2D eigenvalue weighted by atomic mass is 14.9. The van der Waals surface area contributed by atoms with E-state index < -0.39 is 0 Å². The van der Waals surface area contributed by atoms with Crippen LogP contribution in [0.2, 0.25) is 0 Å². The number of fused-ring (bicyclic) bond motifs is 2. The number of rotatable bonds is 2. The molecule has 0 atom stereocenters. The van der Waals surface area contributed by atoms with Gasteiger partial charge in [-0.15, -0.1) is 0 Å². The average molecular weight is 298 g/mol. The maximum atomic E-state index is 4.80. The lowest BCUT2D eigenvalue weighted by atomic mass is 10.1. The Morgan fingerprint density at radius 3 is 2.35 bits per heavy atom. The van der Waals surface area contributed by atoms with E-state index in [4.69, 9.17) is 4.98 Å². The summed E-state index contributed by atoms with van der Waals surface area (Å²) in [5.74, 6) is 0. The molecule has 3 aromatic carbocycles. The molecule has 0 bridgehead atoms. The summed E-state index contributed by atoms with van der Waals surface area (Å²) in [4.78, 5) is 4.80. The highest BCUT2D eigenvalue weighted by Crippen LogP contribution is 2.33. The van der Waals surface area contributed by atoms with Gasteiger partial charge < -0.3 is 5.32 Å². The summed E-state index contributed by atoms with van der Waals surface area (Å²) in [6, 6.07) is 23.1. The molecule has 1 N–H and O–H groups in total. The van der Waals surface area contributed by atoms with E-state index in [9.17, 15) is 0 Å². The molecule has 0 aliphatic rings. The van der Waals surface area contributed by atoms with Gasteiger partial charge in [0.2, 0.25) is 0 Å². The van der Waals surface area contributed by atoms with Gasteiger partial charge in [-0.05, 0) is 49.7 Å². The number of benzene rings is 3. The Morgan fingerprint density at radius 1 is 0.696 bits per heavy atom. The monoisotopic (exact) mass is 298 g/mol. The number of nitrogens with one attached hydrogen (secondary N) is 1. The molecule has 0 spiro atoms.